The number of carbonyl (C=O) groups excluding carboxylic acids is 1. The predicted octanol–water partition coefficient (Wildman–Crippen LogP) is 3.72. The van der Waals surface area contributed by atoms with Crippen molar-refractivity contribution in [2.45, 2.75) is 26.4 Å². The molecule has 0 saturated carbocycles. The molecule has 0 bridgehead atoms. The monoisotopic (exact) mass is 434 g/mol. The summed E-state index contributed by atoms with van der Waals surface area (Å²) in [4.78, 5) is 21.9. The summed E-state index contributed by atoms with van der Waals surface area (Å²) in [7, 11) is 2.18. The van der Waals surface area contributed by atoms with Crippen molar-refractivity contribution in [2.24, 2.45) is 0 Å². The van der Waals surface area contributed by atoms with Crippen LogP contribution in [0.15, 0.2) is 53.9 Å². The van der Waals surface area contributed by atoms with E-state index in [4.69, 9.17) is 0 Å². The molecule has 2 aromatic carbocycles. The van der Waals surface area contributed by atoms with Gasteiger partial charge in [0.2, 0.25) is 5.91 Å². The second-order valence-corrected chi connectivity index (χ2v) is 9.22. The van der Waals surface area contributed by atoms with Gasteiger partial charge in [-0.25, -0.2) is 4.98 Å². The highest BCUT2D eigenvalue weighted by Gasteiger charge is 2.14. The van der Waals surface area contributed by atoms with E-state index in [2.05, 4.69) is 82.6 Å². The first-order valence-electron chi connectivity index (χ1n) is 10.8. The van der Waals surface area contributed by atoms with Crippen LogP contribution in [0.25, 0.3) is 10.6 Å². The van der Waals surface area contributed by atoms with Crippen LogP contribution in [-0.2, 0) is 24.3 Å². The Balaban J connectivity index is 1.27. The van der Waals surface area contributed by atoms with E-state index in [9.17, 15) is 4.79 Å². The number of benzene rings is 2. The fourth-order valence-electron chi connectivity index (χ4n) is 3.75. The number of amides is 1. The van der Waals surface area contributed by atoms with E-state index in [1.54, 1.807) is 11.3 Å². The first-order chi connectivity index (χ1) is 15.0. The van der Waals surface area contributed by atoms with Crippen LogP contribution in [0.5, 0.6) is 0 Å². The molecule has 0 unspecified atom stereocenters. The molecule has 0 aliphatic carbocycles. The fraction of sp³-hybridized carbons (Fsp3) is 0.360. The molecule has 2 heterocycles. The lowest BCUT2D eigenvalue weighted by Gasteiger charge is -2.32. The van der Waals surface area contributed by atoms with Crippen LogP contribution in [0.1, 0.15) is 22.4 Å². The molecule has 3 aromatic rings. The third-order valence-electron chi connectivity index (χ3n) is 5.68. The van der Waals surface area contributed by atoms with Gasteiger partial charge >= 0.3 is 0 Å². The molecule has 4 rings (SSSR count). The molecule has 0 spiro atoms. The topological polar surface area (TPSA) is 48.5 Å². The summed E-state index contributed by atoms with van der Waals surface area (Å²) in [5.74, 6) is 0.00484. The van der Waals surface area contributed by atoms with Gasteiger partial charge in [-0.1, -0.05) is 54.1 Å². The number of nitrogens with one attached hydrogen (secondary N) is 1. The van der Waals surface area contributed by atoms with Crippen molar-refractivity contribution in [1.82, 2.24) is 20.1 Å². The molecule has 1 aromatic heterocycles. The van der Waals surface area contributed by atoms with Crippen molar-refractivity contribution in [1.29, 1.82) is 0 Å². The number of hydrogen-bond donors (Lipinski definition) is 1. The molecule has 5 nitrogen and oxygen atoms in total. The second-order valence-electron chi connectivity index (χ2n) is 8.36. The molecule has 0 atom stereocenters. The van der Waals surface area contributed by atoms with E-state index in [1.165, 1.54) is 11.1 Å². The highest BCUT2D eigenvalue weighted by atomic mass is 32.1. The van der Waals surface area contributed by atoms with Gasteiger partial charge in [-0.2, -0.15) is 0 Å². The number of hydrogen-bond acceptors (Lipinski definition) is 5. The number of piperazine rings is 1. The van der Waals surface area contributed by atoms with Crippen molar-refractivity contribution in [3.63, 3.8) is 0 Å². The number of aryl methyl sites for hydroxylation is 1. The van der Waals surface area contributed by atoms with Gasteiger partial charge in [0.05, 0.1) is 12.1 Å². The van der Waals surface area contributed by atoms with E-state index >= 15 is 0 Å². The minimum atomic E-state index is 0.00484. The quantitative estimate of drug-likeness (QED) is 0.616. The highest BCUT2D eigenvalue weighted by Crippen LogP contribution is 2.24. The van der Waals surface area contributed by atoms with Crippen LogP contribution in [-0.4, -0.2) is 53.9 Å². The van der Waals surface area contributed by atoms with E-state index in [0.717, 1.165) is 54.6 Å². The molecule has 1 amide bonds. The van der Waals surface area contributed by atoms with Gasteiger partial charge in [0.25, 0.3) is 0 Å². The van der Waals surface area contributed by atoms with Gasteiger partial charge < -0.3 is 10.2 Å². The maximum Gasteiger partial charge on any atom is 0.226 e. The maximum absolute atomic E-state index is 12.4. The molecule has 1 fully saturated rings. The van der Waals surface area contributed by atoms with E-state index in [1.807, 2.05) is 5.38 Å². The largest absolute Gasteiger partial charge is 0.352 e. The number of aromatic nitrogens is 1. The summed E-state index contributed by atoms with van der Waals surface area (Å²) >= 11 is 1.58. The molecule has 31 heavy (non-hydrogen) atoms. The Hall–Kier alpha value is -2.54. The van der Waals surface area contributed by atoms with Crippen LogP contribution >= 0.6 is 11.3 Å². The molecular weight excluding hydrogens is 404 g/mol. The van der Waals surface area contributed by atoms with Gasteiger partial charge in [-0.15, -0.1) is 11.3 Å². The Kier molecular flexibility index (Phi) is 7.12. The lowest BCUT2D eigenvalue weighted by Crippen LogP contribution is -2.43. The van der Waals surface area contributed by atoms with Crippen LogP contribution in [0.2, 0.25) is 0 Å². The average molecular weight is 435 g/mol. The predicted molar refractivity (Wildman–Crippen MR) is 127 cm³/mol. The summed E-state index contributed by atoms with van der Waals surface area (Å²) in [5, 5.41) is 5.98. The summed E-state index contributed by atoms with van der Waals surface area (Å²) in [6.07, 6.45) is 0.309. The van der Waals surface area contributed by atoms with Gasteiger partial charge in [0.1, 0.15) is 5.01 Å². The molecular formula is C25H30N4OS. The van der Waals surface area contributed by atoms with Crippen LogP contribution in [0.4, 0.5) is 0 Å². The van der Waals surface area contributed by atoms with Crippen molar-refractivity contribution < 1.29 is 4.79 Å². The Labute approximate surface area is 188 Å². The lowest BCUT2D eigenvalue weighted by molar-refractivity contribution is -0.120. The minimum absolute atomic E-state index is 0.00484. The standard InChI is InChI=1S/C25H30N4OS/c1-19-6-8-22(9-7-19)25-27-23(18-31-25)15-24(30)26-16-20-4-3-5-21(14-20)17-29-12-10-28(2)11-13-29/h3-9,14,18H,10-13,15-17H2,1-2H3,(H,26,30). The number of likely N-dealkylation sites (N-methyl/N-ethyl adjacent to an activating group) is 1. The zero-order valence-electron chi connectivity index (χ0n) is 18.3. The molecule has 6 heteroatoms. The lowest BCUT2D eigenvalue weighted by atomic mass is 10.1. The highest BCUT2D eigenvalue weighted by molar-refractivity contribution is 7.13. The SMILES string of the molecule is Cc1ccc(-c2nc(CC(=O)NCc3cccc(CN4CCN(C)CC4)c3)cs2)cc1. The Morgan fingerprint density at radius 1 is 1.06 bits per heavy atom. The zero-order chi connectivity index (χ0) is 21.6. The summed E-state index contributed by atoms with van der Waals surface area (Å²) in [6, 6.07) is 16.9. The van der Waals surface area contributed by atoms with Gasteiger partial charge in [0.15, 0.2) is 0 Å². The number of carbonyl (C=O) groups is 1. The van der Waals surface area contributed by atoms with Gasteiger partial charge in [-0.05, 0) is 25.1 Å². The smallest absolute Gasteiger partial charge is 0.226 e. The average Bonchev–Trinajstić information content (AvgIpc) is 3.23. The number of thiazole rings is 1. The number of rotatable bonds is 7. The molecule has 162 valence electrons. The van der Waals surface area contributed by atoms with Crippen LogP contribution in [0.3, 0.4) is 0 Å². The Bertz CT molecular complexity index is 1010. The third kappa shape index (κ3) is 6.23. The van der Waals surface area contributed by atoms with E-state index in [-0.39, 0.29) is 5.91 Å². The minimum Gasteiger partial charge on any atom is -0.352 e. The fourth-order valence-corrected chi connectivity index (χ4v) is 4.57. The first-order valence-corrected chi connectivity index (χ1v) is 11.7. The molecule has 1 aliphatic rings. The summed E-state index contributed by atoms with van der Waals surface area (Å²) in [5.41, 5.74) is 5.59. The summed E-state index contributed by atoms with van der Waals surface area (Å²) in [6.45, 7) is 8.05. The Morgan fingerprint density at radius 2 is 1.81 bits per heavy atom. The second kappa shape index (κ2) is 10.2. The molecule has 0 radical (unpaired) electrons. The van der Waals surface area contributed by atoms with Crippen molar-refractivity contribution in [3.8, 4) is 10.6 Å². The normalized spacial score (nSPS) is 15.2. The van der Waals surface area contributed by atoms with Gasteiger partial charge in [0, 0.05) is 50.2 Å². The van der Waals surface area contributed by atoms with E-state index < -0.39 is 0 Å². The molecule has 1 saturated heterocycles. The van der Waals surface area contributed by atoms with Crippen LogP contribution < -0.4 is 5.32 Å². The first kappa shape index (κ1) is 21.7. The molecule has 1 aliphatic heterocycles. The van der Waals surface area contributed by atoms with Crippen molar-refractivity contribution in [2.75, 3.05) is 33.2 Å². The van der Waals surface area contributed by atoms with Crippen molar-refractivity contribution >= 4 is 17.2 Å². The Morgan fingerprint density at radius 3 is 2.58 bits per heavy atom. The van der Waals surface area contributed by atoms with Crippen molar-refractivity contribution in [3.05, 3.63) is 76.3 Å². The zero-order valence-corrected chi connectivity index (χ0v) is 19.1. The van der Waals surface area contributed by atoms with Crippen LogP contribution in [0, 0.1) is 6.92 Å². The van der Waals surface area contributed by atoms with Gasteiger partial charge in [-0.3, -0.25) is 9.69 Å². The van der Waals surface area contributed by atoms with E-state index in [0.29, 0.717) is 13.0 Å². The number of nitrogens with zero attached hydrogens (tertiary/aromatic N) is 3. The third-order valence-corrected chi connectivity index (χ3v) is 6.62. The summed E-state index contributed by atoms with van der Waals surface area (Å²) < 4.78 is 0. The maximum atomic E-state index is 12.4. The molecule has 1 N–H and O–H groups in total.